The van der Waals surface area contributed by atoms with E-state index >= 15 is 0 Å². The van der Waals surface area contributed by atoms with Crippen molar-refractivity contribution in [2.24, 2.45) is 0 Å². The standard InChI is InChI=1S/C10H19N3S/c1-3-13-9-12-8-10(13)7-11-5-4-6-14-2/h8-9,11H,3-7H2,1-2H3. The summed E-state index contributed by atoms with van der Waals surface area (Å²) in [5, 5.41) is 3.42. The third-order valence-corrected chi connectivity index (χ3v) is 2.84. The lowest BCUT2D eigenvalue weighted by molar-refractivity contribution is 0.624. The Morgan fingerprint density at radius 3 is 3.14 bits per heavy atom. The Kier molecular flexibility index (Phi) is 5.71. The minimum atomic E-state index is 0.933. The van der Waals surface area contributed by atoms with Crippen molar-refractivity contribution in [1.82, 2.24) is 14.9 Å². The Hall–Kier alpha value is -0.480. The molecule has 0 bridgehead atoms. The largest absolute Gasteiger partial charge is 0.334 e. The maximum absolute atomic E-state index is 4.13. The molecule has 1 N–H and O–H groups in total. The van der Waals surface area contributed by atoms with E-state index in [2.05, 4.69) is 28.0 Å². The zero-order chi connectivity index (χ0) is 10.2. The lowest BCUT2D eigenvalue weighted by atomic mass is 10.4. The highest BCUT2D eigenvalue weighted by molar-refractivity contribution is 7.98. The number of hydrogen-bond acceptors (Lipinski definition) is 3. The highest BCUT2D eigenvalue weighted by atomic mass is 32.2. The van der Waals surface area contributed by atoms with E-state index in [-0.39, 0.29) is 0 Å². The minimum Gasteiger partial charge on any atom is -0.334 e. The third kappa shape index (κ3) is 3.72. The molecule has 0 spiro atoms. The Bertz CT molecular complexity index is 247. The topological polar surface area (TPSA) is 29.9 Å². The SMILES string of the molecule is CCn1cncc1CNCCCSC. The van der Waals surface area contributed by atoms with Crippen LogP contribution in [-0.2, 0) is 13.1 Å². The predicted octanol–water partition coefficient (Wildman–Crippen LogP) is 1.75. The van der Waals surface area contributed by atoms with Crippen LogP contribution in [0, 0.1) is 0 Å². The van der Waals surface area contributed by atoms with Crippen molar-refractivity contribution in [1.29, 1.82) is 0 Å². The van der Waals surface area contributed by atoms with Crippen LogP contribution in [0.2, 0.25) is 0 Å². The summed E-state index contributed by atoms with van der Waals surface area (Å²) < 4.78 is 2.17. The van der Waals surface area contributed by atoms with Crippen LogP contribution in [0.5, 0.6) is 0 Å². The zero-order valence-electron chi connectivity index (χ0n) is 8.99. The van der Waals surface area contributed by atoms with Gasteiger partial charge in [0, 0.05) is 19.3 Å². The van der Waals surface area contributed by atoms with E-state index in [4.69, 9.17) is 0 Å². The number of aryl methyl sites for hydroxylation is 1. The van der Waals surface area contributed by atoms with Crippen LogP contribution in [0.3, 0.4) is 0 Å². The van der Waals surface area contributed by atoms with Gasteiger partial charge in [-0.1, -0.05) is 0 Å². The van der Waals surface area contributed by atoms with Gasteiger partial charge in [0.15, 0.2) is 0 Å². The molecule has 14 heavy (non-hydrogen) atoms. The summed E-state index contributed by atoms with van der Waals surface area (Å²) >= 11 is 1.90. The van der Waals surface area contributed by atoms with Crippen molar-refractivity contribution in [3.63, 3.8) is 0 Å². The maximum atomic E-state index is 4.13. The Labute approximate surface area is 90.3 Å². The van der Waals surface area contributed by atoms with Crippen molar-refractivity contribution in [2.75, 3.05) is 18.6 Å². The molecule has 0 radical (unpaired) electrons. The van der Waals surface area contributed by atoms with E-state index in [0.717, 1.165) is 19.6 Å². The molecule has 80 valence electrons. The number of rotatable bonds is 7. The van der Waals surface area contributed by atoms with E-state index in [1.165, 1.54) is 17.9 Å². The molecule has 0 aromatic carbocycles. The van der Waals surface area contributed by atoms with Gasteiger partial charge in [0.05, 0.1) is 12.0 Å². The van der Waals surface area contributed by atoms with Crippen molar-refractivity contribution in [3.05, 3.63) is 18.2 Å². The van der Waals surface area contributed by atoms with E-state index < -0.39 is 0 Å². The fraction of sp³-hybridized carbons (Fsp3) is 0.700. The second kappa shape index (κ2) is 6.90. The summed E-state index contributed by atoms with van der Waals surface area (Å²) in [7, 11) is 0. The summed E-state index contributed by atoms with van der Waals surface area (Å²) in [6.07, 6.45) is 7.21. The first-order valence-electron chi connectivity index (χ1n) is 5.07. The average Bonchev–Trinajstić information content (AvgIpc) is 2.65. The number of aromatic nitrogens is 2. The number of imidazole rings is 1. The number of nitrogens with zero attached hydrogens (tertiary/aromatic N) is 2. The first kappa shape index (κ1) is 11.6. The molecule has 0 amide bonds. The molecule has 0 saturated heterocycles. The highest BCUT2D eigenvalue weighted by Gasteiger charge is 1.98. The van der Waals surface area contributed by atoms with Gasteiger partial charge in [-0.3, -0.25) is 0 Å². The molecule has 1 aromatic heterocycles. The Morgan fingerprint density at radius 1 is 1.57 bits per heavy atom. The van der Waals surface area contributed by atoms with Crippen LogP contribution in [0.15, 0.2) is 12.5 Å². The molecule has 0 aliphatic heterocycles. The van der Waals surface area contributed by atoms with Gasteiger partial charge in [-0.15, -0.1) is 0 Å². The second-order valence-corrected chi connectivity index (χ2v) is 4.18. The van der Waals surface area contributed by atoms with Gasteiger partial charge < -0.3 is 9.88 Å². The van der Waals surface area contributed by atoms with Gasteiger partial charge in [-0.2, -0.15) is 11.8 Å². The molecule has 0 unspecified atom stereocenters. The quantitative estimate of drug-likeness (QED) is 0.700. The summed E-state index contributed by atoms with van der Waals surface area (Å²) in [5.41, 5.74) is 1.27. The molecule has 1 aromatic rings. The molecular weight excluding hydrogens is 194 g/mol. The number of hydrogen-bond donors (Lipinski definition) is 1. The predicted molar refractivity (Wildman–Crippen MR) is 62.6 cm³/mol. The summed E-state index contributed by atoms with van der Waals surface area (Å²) in [6.45, 7) is 5.17. The smallest absolute Gasteiger partial charge is 0.0948 e. The fourth-order valence-corrected chi connectivity index (χ4v) is 1.77. The first-order valence-corrected chi connectivity index (χ1v) is 6.46. The summed E-state index contributed by atoms with van der Waals surface area (Å²) in [6, 6.07) is 0. The summed E-state index contributed by atoms with van der Waals surface area (Å²) in [5.74, 6) is 1.24. The van der Waals surface area contributed by atoms with E-state index in [1.807, 2.05) is 24.3 Å². The molecule has 0 fully saturated rings. The van der Waals surface area contributed by atoms with Gasteiger partial charge >= 0.3 is 0 Å². The monoisotopic (exact) mass is 213 g/mol. The van der Waals surface area contributed by atoms with E-state index in [1.54, 1.807) is 0 Å². The van der Waals surface area contributed by atoms with Crippen molar-refractivity contribution < 1.29 is 0 Å². The molecule has 1 heterocycles. The van der Waals surface area contributed by atoms with Crippen LogP contribution in [0.1, 0.15) is 19.0 Å². The molecule has 0 saturated carbocycles. The van der Waals surface area contributed by atoms with Gasteiger partial charge in [0.2, 0.25) is 0 Å². The summed E-state index contributed by atoms with van der Waals surface area (Å²) in [4.78, 5) is 4.13. The highest BCUT2D eigenvalue weighted by Crippen LogP contribution is 1.99. The van der Waals surface area contributed by atoms with Crippen LogP contribution in [0.4, 0.5) is 0 Å². The van der Waals surface area contributed by atoms with E-state index in [9.17, 15) is 0 Å². The molecule has 0 atom stereocenters. The van der Waals surface area contributed by atoms with Crippen LogP contribution < -0.4 is 5.32 Å². The molecular formula is C10H19N3S. The zero-order valence-corrected chi connectivity index (χ0v) is 9.81. The van der Waals surface area contributed by atoms with Gasteiger partial charge in [0.25, 0.3) is 0 Å². The molecule has 0 aliphatic rings. The fourth-order valence-electron chi connectivity index (χ4n) is 1.34. The van der Waals surface area contributed by atoms with Crippen LogP contribution in [-0.4, -0.2) is 28.1 Å². The van der Waals surface area contributed by atoms with Crippen LogP contribution in [0.25, 0.3) is 0 Å². The Morgan fingerprint density at radius 2 is 2.43 bits per heavy atom. The minimum absolute atomic E-state index is 0.933. The maximum Gasteiger partial charge on any atom is 0.0948 e. The molecule has 0 aliphatic carbocycles. The van der Waals surface area contributed by atoms with Crippen LogP contribution >= 0.6 is 11.8 Å². The van der Waals surface area contributed by atoms with Gasteiger partial charge in [-0.25, -0.2) is 4.98 Å². The van der Waals surface area contributed by atoms with Crippen molar-refractivity contribution in [3.8, 4) is 0 Å². The number of nitrogens with one attached hydrogen (secondary N) is 1. The third-order valence-electron chi connectivity index (χ3n) is 2.15. The first-order chi connectivity index (χ1) is 6.88. The normalized spacial score (nSPS) is 10.7. The Balaban J connectivity index is 2.17. The number of thioether (sulfide) groups is 1. The average molecular weight is 213 g/mol. The van der Waals surface area contributed by atoms with Gasteiger partial charge in [0.1, 0.15) is 0 Å². The second-order valence-electron chi connectivity index (χ2n) is 3.19. The van der Waals surface area contributed by atoms with Crippen molar-refractivity contribution >= 4 is 11.8 Å². The molecule has 4 heteroatoms. The molecule has 3 nitrogen and oxygen atoms in total. The van der Waals surface area contributed by atoms with Crippen molar-refractivity contribution in [2.45, 2.75) is 26.4 Å². The lowest BCUT2D eigenvalue weighted by Crippen LogP contribution is -2.17. The van der Waals surface area contributed by atoms with E-state index in [0.29, 0.717) is 0 Å². The van der Waals surface area contributed by atoms with Gasteiger partial charge in [-0.05, 0) is 31.9 Å². The lowest BCUT2D eigenvalue weighted by Gasteiger charge is -2.06. The molecule has 1 rings (SSSR count).